The second-order valence-corrected chi connectivity index (χ2v) is 5.77. The van der Waals surface area contributed by atoms with Gasteiger partial charge >= 0.3 is 0 Å². The molecule has 1 aliphatic heterocycles. The third-order valence-electron chi connectivity index (χ3n) is 4.07. The summed E-state index contributed by atoms with van der Waals surface area (Å²) in [6.07, 6.45) is 5.06. The third kappa shape index (κ3) is 4.53. The van der Waals surface area contributed by atoms with E-state index >= 15 is 0 Å². The fourth-order valence-corrected chi connectivity index (χ4v) is 2.79. The quantitative estimate of drug-likeness (QED) is 0.670. The van der Waals surface area contributed by atoms with Crippen LogP contribution >= 0.6 is 0 Å². The van der Waals surface area contributed by atoms with Crippen molar-refractivity contribution >= 4 is 11.6 Å². The second-order valence-electron chi connectivity index (χ2n) is 5.77. The molecular formula is C16H23N3O3. The van der Waals surface area contributed by atoms with Crippen LogP contribution in [0.15, 0.2) is 18.2 Å². The normalized spacial score (nSPS) is 16.0. The van der Waals surface area contributed by atoms with Crippen molar-refractivity contribution in [1.29, 1.82) is 0 Å². The summed E-state index contributed by atoms with van der Waals surface area (Å²) in [6, 6.07) is 4.46. The first-order valence-electron chi connectivity index (χ1n) is 7.83. The van der Waals surface area contributed by atoms with Crippen molar-refractivity contribution < 1.29 is 9.72 Å². The zero-order valence-corrected chi connectivity index (χ0v) is 13.0. The molecule has 6 heteroatoms. The zero-order valence-electron chi connectivity index (χ0n) is 13.0. The molecule has 1 aliphatic rings. The van der Waals surface area contributed by atoms with Gasteiger partial charge in [-0.25, -0.2) is 0 Å². The van der Waals surface area contributed by atoms with Crippen molar-refractivity contribution in [3.8, 4) is 0 Å². The highest BCUT2D eigenvalue weighted by Gasteiger charge is 2.14. The van der Waals surface area contributed by atoms with Crippen LogP contribution in [0.1, 0.15) is 41.6 Å². The molecule has 0 aliphatic carbocycles. The largest absolute Gasteiger partial charge is 0.351 e. The molecule has 0 bridgehead atoms. The van der Waals surface area contributed by atoms with Gasteiger partial charge < -0.3 is 10.2 Å². The Bertz CT molecular complexity index is 537. The molecule has 1 saturated heterocycles. The highest BCUT2D eigenvalue weighted by atomic mass is 16.6. The summed E-state index contributed by atoms with van der Waals surface area (Å²) in [5.41, 5.74) is 1.02. The molecule has 1 N–H and O–H groups in total. The van der Waals surface area contributed by atoms with Gasteiger partial charge in [0.25, 0.3) is 11.6 Å². The number of nitrogens with zero attached hydrogens (tertiary/aromatic N) is 2. The monoisotopic (exact) mass is 305 g/mol. The molecular weight excluding hydrogens is 282 g/mol. The number of hydrogen-bond donors (Lipinski definition) is 1. The summed E-state index contributed by atoms with van der Waals surface area (Å²) in [5.74, 6) is -0.173. The Morgan fingerprint density at radius 2 is 1.95 bits per heavy atom. The lowest BCUT2D eigenvalue weighted by molar-refractivity contribution is -0.385. The highest BCUT2D eigenvalue weighted by Crippen LogP contribution is 2.18. The lowest BCUT2D eigenvalue weighted by Gasteiger charge is -2.19. The Hall–Kier alpha value is -1.95. The van der Waals surface area contributed by atoms with E-state index in [1.165, 1.54) is 37.8 Å². The number of hydrogen-bond acceptors (Lipinski definition) is 4. The van der Waals surface area contributed by atoms with Gasteiger partial charge in [-0.2, -0.15) is 0 Å². The molecule has 1 amide bonds. The number of nitro benzene ring substituents is 1. The van der Waals surface area contributed by atoms with Crippen LogP contribution in [0.4, 0.5) is 5.69 Å². The molecule has 0 unspecified atom stereocenters. The lowest BCUT2D eigenvalue weighted by atomic mass is 10.1. The van der Waals surface area contributed by atoms with Gasteiger partial charge in [-0.3, -0.25) is 14.9 Å². The van der Waals surface area contributed by atoms with Crippen LogP contribution in [0.3, 0.4) is 0 Å². The molecule has 0 atom stereocenters. The molecule has 0 aromatic heterocycles. The van der Waals surface area contributed by atoms with Crippen molar-refractivity contribution in [1.82, 2.24) is 10.2 Å². The molecule has 2 rings (SSSR count). The summed E-state index contributed by atoms with van der Waals surface area (Å²) in [6.45, 7) is 5.32. The SMILES string of the molecule is Cc1cc(C(=O)NCCN2CCCCCC2)ccc1[N+](=O)[O-]. The van der Waals surface area contributed by atoms with Gasteiger partial charge in [-0.15, -0.1) is 0 Å². The highest BCUT2D eigenvalue weighted by molar-refractivity contribution is 5.94. The molecule has 6 nitrogen and oxygen atoms in total. The third-order valence-corrected chi connectivity index (χ3v) is 4.07. The number of nitro groups is 1. The van der Waals surface area contributed by atoms with Crippen LogP contribution < -0.4 is 5.32 Å². The molecule has 120 valence electrons. The van der Waals surface area contributed by atoms with Crippen LogP contribution in [0.2, 0.25) is 0 Å². The number of rotatable bonds is 5. The van der Waals surface area contributed by atoms with E-state index in [9.17, 15) is 14.9 Å². The van der Waals surface area contributed by atoms with E-state index in [-0.39, 0.29) is 11.6 Å². The Balaban J connectivity index is 1.84. The van der Waals surface area contributed by atoms with Crippen LogP contribution in [0, 0.1) is 17.0 Å². The van der Waals surface area contributed by atoms with Gasteiger partial charge in [0.05, 0.1) is 4.92 Å². The topological polar surface area (TPSA) is 75.5 Å². The predicted octanol–water partition coefficient (Wildman–Crippen LogP) is 2.51. The Kier molecular flexibility index (Phi) is 5.89. The van der Waals surface area contributed by atoms with Crippen molar-refractivity contribution in [2.24, 2.45) is 0 Å². The van der Waals surface area contributed by atoms with Crippen molar-refractivity contribution in [2.45, 2.75) is 32.6 Å². The van der Waals surface area contributed by atoms with E-state index in [2.05, 4.69) is 10.2 Å². The van der Waals surface area contributed by atoms with Gasteiger partial charge in [0.15, 0.2) is 0 Å². The van der Waals surface area contributed by atoms with Crippen LogP contribution in [-0.2, 0) is 0 Å². The summed E-state index contributed by atoms with van der Waals surface area (Å²) < 4.78 is 0. The maximum Gasteiger partial charge on any atom is 0.272 e. The molecule has 0 saturated carbocycles. The van der Waals surface area contributed by atoms with Crippen LogP contribution in [-0.4, -0.2) is 41.9 Å². The molecule has 1 aromatic rings. The van der Waals surface area contributed by atoms with Crippen LogP contribution in [0.25, 0.3) is 0 Å². The van der Waals surface area contributed by atoms with E-state index in [0.717, 1.165) is 19.6 Å². The average molecular weight is 305 g/mol. The van der Waals surface area contributed by atoms with E-state index < -0.39 is 4.92 Å². The summed E-state index contributed by atoms with van der Waals surface area (Å²) in [7, 11) is 0. The zero-order chi connectivity index (χ0) is 15.9. The molecule has 1 fully saturated rings. The number of aryl methyl sites for hydroxylation is 1. The summed E-state index contributed by atoms with van der Waals surface area (Å²) in [5, 5.41) is 13.7. The maximum absolute atomic E-state index is 12.1. The number of benzene rings is 1. The number of nitrogens with one attached hydrogen (secondary N) is 1. The number of likely N-dealkylation sites (tertiary alicyclic amines) is 1. The number of carbonyl (C=O) groups excluding carboxylic acids is 1. The first-order valence-corrected chi connectivity index (χ1v) is 7.83. The van der Waals surface area contributed by atoms with Crippen molar-refractivity contribution in [3.05, 3.63) is 39.4 Å². The summed E-state index contributed by atoms with van der Waals surface area (Å²) in [4.78, 5) is 24.8. The smallest absolute Gasteiger partial charge is 0.272 e. The van der Waals surface area contributed by atoms with Gasteiger partial charge in [0.2, 0.25) is 0 Å². The lowest BCUT2D eigenvalue weighted by Crippen LogP contribution is -2.35. The van der Waals surface area contributed by atoms with E-state index in [0.29, 0.717) is 17.7 Å². The van der Waals surface area contributed by atoms with Gasteiger partial charge in [-0.05, 0) is 45.0 Å². The predicted molar refractivity (Wildman–Crippen MR) is 85.1 cm³/mol. The first-order chi connectivity index (χ1) is 10.6. The van der Waals surface area contributed by atoms with E-state index in [1.807, 2.05) is 0 Å². The van der Waals surface area contributed by atoms with Gasteiger partial charge in [0, 0.05) is 30.3 Å². The Morgan fingerprint density at radius 3 is 2.55 bits per heavy atom. The van der Waals surface area contributed by atoms with Gasteiger partial charge in [0.1, 0.15) is 0 Å². The summed E-state index contributed by atoms with van der Waals surface area (Å²) >= 11 is 0. The van der Waals surface area contributed by atoms with Crippen molar-refractivity contribution in [3.63, 3.8) is 0 Å². The minimum atomic E-state index is -0.434. The van der Waals surface area contributed by atoms with E-state index in [4.69, 9.17) is 0 Å². The Morgan fingerprint density at radius 1 is 1.27 bits per heavy atom. The number of carbonyl (C=O) groups is 1. The minimum absolute atomic E-state index is 0.0427. The molecule has 22 heavy (non-hydrogen) atoms. The van der Waals surface area contributed by atoms with Gasteiger partial charge in [-0.1, -0.05) is 12.8 Å². The standard InChI is InChI=1S/C16H23N3O3/c1-13-12-14(6-7-15(13)19(21)22)16(20)17-8-11-18-9-4-2-3-5-10-18/h6-7,12H,2-5,8-11H2,1H3,(H,17,20). The van der Waals surface area contributed by atoms with Crippen LogP contribution in [0.5, 0.6) is 0 Å². The average Bonchev–Trinajstić information content (AvgIpc) is 2.75. The fraction of sp³-hybridized carbons (Fsp3) is 0.562. The first kappa shape index (κ1) is 16.4. The van der Waals surface area contributed by atoms with E-state index in [1.54, 1.807) is 13.0 Å². The Labute approximate surface area is 130 Å². The number of amides is 1. The molecule has 0 radical (unpaired) electrons. The second kappa shape index (κ2) is 7.89. The molecule has 1 heterocycles. The maximum atomic E-state index is 12.1. The molecule has 0 spiro atoms. The minimum Gasteiger partial charge on any atom is -0.351 e. The van der Waals surface area contributed by atoms with Crippen molar-refractivity contribution in [2.75, 3.05) is 26.2 Å². The molecule has 1 aromatic carbocycles. The fourth-order valence-electron chi connectivity index (χ4n) is 2.79.